The van der Waals surface area contributed by atoms with Crippen LogP contribution in [0.15, 0.2) is 24.3 Å². The highest BCUT2D eigenvalue weighted by atomic mass is 32.1. The highest BCUT2D eigenvalue weighted by Crippen LogP contribution is 2.12. The number of hydrogen-bond acceptors (Lipinski definition) is 1. The van der Waals surface area contributed by atoms with Crippen molar-refractivity contribution >= 4 is 28.1 Å². The fourth-order valence-corrected chi connectivity index (χ4v) is 2.50. The fourth-order valence-electron chi connectivity index (χ4n) is 1.76. The molecule has 0 radical (unpaired) electrons. The molecule has 0 bridgehead atoms. The highest BCUT2D eigenvalue weighted by Gasteiger charge is 2.04. The molecule has 0 aliphatic heterocycles. The van der Waals surface area contributed by atoms with Gasteiger partial charge in [0, 0.05) is 10.2 Å². The molecule has 0 spiro atoms. The molecular formula is C12H20SSi. The summed E-state index contributed by atoms with van der Waals surface area (Å²) in [4.78, 5) is 0. The molecule has 2 heteroatoms. The molecule has 14 heavy (non-hydrogen) atoms. The number of benzene rings is 1. The molecule has 0 fully saturated rings. The lowest BCUT2D eigenvalue weighted by molar-refractivity contribution is 0.526. The van der Waals surface area contributed by atoms with Crippen molar-refractivity contribution in [3.63, 3.8) is 0 Å². The molecular weight excluding hydrogens is 204 g/mol. The van der Waals surface area contributed by atoms with Crippen LogP contribution in [0.25, 0.3) is 0 Å². The Morgan fingerprint density at radius 3 is 2.71 bits per heavy atom. The topological polar surface area (TPSA) is 0 Å². The highest BCUT2D eigenvalue weighted by molar-refractivity contribution is 7.80. The van der Waals surface area contributed by atoms with E-state index in [0.717, 1.165) is 11.7 Å². The summed E-state index contributed by atoms with van der Waals surface area (Å²) in [7, 11) is 1.17. The van der Waals surface area contributed by atoms with Gasteiger partial charge < -0.3 is 0 Å². The summed E-state index contributed by atoms with van der Waals surface area (Å²) >= 11 is 4.25. The first kappa shape index (κ1) is 11.9. The van der Waals surface area contributed by atoms with Gasteiger partial charge in [-0.3, -0.25) is 0 Å². The van der Waals surface area contributed by atoms with Gasteiger partial charge in [-0.05, 0) is 36.5 Å². The van der Waals surface area contributed by atoms with E-state index in [4.69, 9.17) is 0 Å². The summed E-state index contributed by atoms with van der Waals surface area (Å²) in [5.74, 6) is 1.82. The van der Waals surface area contributed by atoms with Crippen LogP contribution in [0.4, 0.5) is 0 Å². The smallest absolute Gasteiger partial charge is 0.0388 e. The molecule has 0 aliphatic carbocycles. The monoisotopic (exact) mass is 224 g/mol. The van der Waals surface area contributed by atoms with Crippen molar-refractivity contribution in [1.29, 1.82) is 0 Å². The van der Waals surface area contributed by atoms with Crippen molar-refractivity contribution in [2.24, 2.45) is 5.92 Å². The van der Waals surface area contributed by atoms with Crippen molar-refractivity contribution in [2.75, 3.05) is 5.75 Å². The van der Waals surface area contributed by atoms with Crippen LogP contribution in [0.5, 0.6) is 0 Å². The molecule has 0 amide bonds. The van der Waals surface area contributed by atoms with Crippen LogP contribution in [0.1, 0.15) is 25.3 Å². The maximum Gasteiger partial charge on any atom is 0.0388 e. The third-order valence-electron chi connectivity index (χ3n) is 2.68. The minimum atomic E-state index is 0.803. The number of rotatable bonds is 5. The van der Waals surface area contributed by atoms with Crippen LogP contribution in [0, 0.1) is 5.92 Å². The van der Waals surface area contributed by atoms with Crippen LogP contribution in [-0.2, 0) is 6.42 Å². The van der Waals surface area contributed by atoms with Crippen molar-refractivity contribution in [3.05, 3.63) is 29.8 Å². The van der Waals surface area contributed by atoms with E-state index in [1.165, 1.54) is 29.5 Å². The molecule has 1 rings (SSSR count). The first-order chi connectivity index (χ1) is 6.74. The summed E-state index contributed by atoms with van der Waals surface area (Å²) in [5, 5.41) is 1.56. The van der Waals surface area contributed by atoms with Gasteiger partial charge in [-0.1, -0.05) is 36.4 Å². The molecule has 1 unspecified atom stereocenters. The van der Waals surface area contributed by atoms with Crippen molar-refractivity contribution in [2.45, 2.75) is 26.2 Å². The van der Waals surface area contributed by atoms with Gasteiger partial charge in [0.25, 0.3) is 0 Å². The maximum absolute atomic E-state index is 4.25. The van der Waals surface area contributed by atoms with Gasteiger partial charge in [0.05, 0.1) is 0 Å². The van der Waals surface area contributed by atoms with E-state index >= 15 is 0 Å². The SMILES string of the molecule is CC(CCCS)Cc1ccccc1[SiH3]. The summed E-state index contributed by atoms with van der Waals surface area (Å²) in [5.41, 5.74) is 1.56. The van der Waals surface area contributed by atoms with E-state index in [1.807, 2.05) is 0 Å². The van der Waals surface area contributed by atoms with Crippen LogP contribution >= 0.6 is 12.6 Å². The van der Waals surface area contributed by atoms with Crippen LogP contribution in [0.2, 0.25) is 0 Å². The predicted molar refractivity (Wildman–Crippen MR) is 72.0 cm³/mol. The summed E-state index contributed by atoms with van der Waals surface area (Å²) < 4.78 is 0. The van der Waals surface area contributed by atoms with E-state index in [2.05, 4.69) is 43.8 Å². The van der Waals surface area contributed by atoms with Gasteiger partial charge in [-0.2, -0.15) is 12.6 Å². The van der Waals surface area contributed by atoms with Gasteiger partial charge in [0.2, 0.25) is 0 Å². The Balaban J connectivity index is 2.47. The van der Waals surface area contributed by atoms with E-state index < -0.39 is 0 Å². The second-order valence-electron chi connectivity index (χ2n) is 4.10. The maximum atomic E-state index is 4.25. The molecule has 1 aromatic carbocycles. The molecule has 0 N–H and O–H groups in total. The minimum absolute atomic E-state index is 0.803. The molecule has 0 aromatic heterocycles. The van der Waals surface area contributed by atoms with Gasteiger partial charge in [-0.25, -0.2) is 0 Å². The zero-order valence-corrected chi connectivity index (χ0v) is 12.1. The minimum Gasteiger partial charge on any atom is -0.179 e. The lowest BCUT2D eigenvalue weighted by atomic mass is 9.97. The molecule has 1 atom stereocenters. The Labute approximate surface area is 95.9 Å². The summed E-state index contributed by atoms with van der Waals surface area (Å²) in [6, 6.07) is 8.83. The third kappa shape index (κ3) is 3.89. The predicted octanol–water partition coefficient (Wildman–Crippen LogP) is 1.57. The standard InChI is InChI=1S/C12H20SSi/c1-10(5-4-8-13)9-11-6-2-3-7-12(11)14/h2-3,6-7,10,13H,4-5,8-9H2,1,14H3. The number of hydrogen-bond donors (Lipinski definition) is 1. The first-order valence-electron chi connectivity index (χ1n) is 5.39. The average Bonchev–Trinajstić information content (AvgIpc) is 2.18. The van der Waals surface area contributed by atoms with Crippen molar-refractivity contribution in [1.82, 2.24) is 0 Å². The third-order valence-corrected chi connectivity index (χ3v) is 3.98. The molecule has 1 aromatic rings. The quantitative estimate of drug-likeness (QED) is 0.570. The van der Waals surface area contributed by atoms with E-state index in [-0.39, 0.29) is 0 Å². The molecule has 0 saturated carbocycles. The molecule has 0 nitrogen and oxygen atoms in total. The van der Waals surface area contributed by atoms with Gasteiger partial charge in [0.1, 0.15) is 0 Å². The molecule has 0 heterocycles. The average molecular weight is 224 g/mol. The van der Waals surface area contributed by atoms with Gasteiger partial charge >= 0.3 is 0 Å². The molecule has 0 aliphatic rings. The lowest BCUT2D eigenvalue weighted by Gasteiger charge is -2.12. The summed E-state index contributed by atoms with van der Waals surface area (Å²) in [6.07, 6.45) is 3.79. The van der Waals surface area contributed by atoms with E-state index in [1.54, 1.807) is 10.8 Å². The Kier molecular flexibility index (Phi) is 5.34. The Bertz CT molecular complexity index is 273. The van der Waals surface area contributed by atoms with Crippen molar-refractivity contribution in [3.8, 4) is 0 Å². The number of thiol groups is 1. The summed E-state index contributed by atoms with van der Waals surface area (Å²) in [6.45, 7) is 2.34. The van der Waals surface area contributed by atoms with E-state index in [9.17, 15) is 0 Å². The normalized spacial score (nSPS) is 13.0. The van der Waals surface area contributed by atoms with Crippen LogP contribution in [-0.4, -0.2) is 16.0 Å². The largest absolute Gasteiger partial charge is 0.179 e. The lowest BCUT2D eigenvalue weighted by Crippen LogP contribution is -2.13. The van der Waals surface area contributed by atoms with Gasteiger partial charge in [-0.15, -0.1) is 0 Å². The van der Waals surface area contributed by atoms with Crippen LogP contribution < -0.4 is 5.19 Å². The Morgan fingerprint density at radius 2 is 2.07 bits per heavy atom. The molecule has 78 valence electrons. The molecule has 0 saturated heterocycles. The zero-order chi connectivity index (χ0) is 10.4. The Hall–Kier alpha value is -0.213. The van der Waals surface area contributed by atoms with Crippen LogP contribution in [0.3, 0.4) is 0 Å². The van der Waals surface area contributed by atoms with E-state index in [0.29, 0.717) is 0 Å². The first-order valence-corrected chi connectivity index (χ1v) is 7.02. The second-order valence-corrected chi connectivity index (χ2v) is 5.63. The fraction of sp³-hybridized carbons (Fsp3) is 0.500. The second kappa shape index (κ2) is 6.30. The Morgan fingerprint density at radius 1 is 1.36 bits per heavy atom. The van der Waals surface area contributed by atoms with Crippen molar-refractivity contribution < 1.29 is 0 Å². The van der Waals surface area contributed by atoms with Gasteiger partial charge in [0.15, 0.2) is 0 Å². The zero-order valence-electron chi connectivity index (χ0n) is 9.16.